The molecule has 21 heavy (non-hydrogen) atoms. The van der Waals surface area contributed by atoms with E-state index >= 15 is 0 Å². The van der Waals surface area contributed by atoms with Crippen molar-refractivity contribution in [2.75, 3.05) is 26.3 Å². The van der Waals surface area contributed by atoms with Crippen molar-refractivity contribution < 1.29 is 19.5 Å². The van der Waals surface area contributed by atoms with Crippen LogP contribution in [0.15, 0.2) is 4.52 Å². The Kier molecular flexibility index (Phi) is 4.90. The van der Waals surface area contributed by atoms with Crippen LogP contribution in [0.1, 0.15) is 36.3 Å². The van der Waals surface area contributed by atoms with Crippen molar-refractivity contribution in [3.63, 3.8) is 0 Å². The van der Waals surface area contributed by atoms with Gasteiger partial charge in [0.05, 0.1) is 25.4 Å². The molecule has 1 aliphatic heterocycles. The summed E-state index contributed by atoms with van der Waals surface area (Å²) in [5.74, 6) is 1.05. The summed E-state index contributed by atoms with van der Waals surface area (Å²) in [7, 11) is 0. The van der Waals surface area contributed by atoms with Gasteiger partial charge in [-0.1, -0.05) is 11.6 Å². The van der Waals surface area contributed by atoms with E-state index in [4.69, 9.17) is 9.26 Å². The predicted molar refractivity (Wildman–Crippen MR) is 75.9 cm³/mol. The largest absolute Gasteiger partial charge is 0.394 e. The molecule has 1 aromatic rings. The molecule has 0 unspecified atom stereocenters. The molecule has 0 bridgehead atoms. The van der Waals surface area contributed by atoms with Gasteiger partial charge in [-0.15, -0.1) is 0 Å². The molecule has 1 aliphatic carbocycles. The molecule has 1 fully saturated rings. The molecule has 6 heteroatoms. The Morgan fingerprint density at radius 3 is 2.48 bits per heavy atom. The molecule has 1 saturated heterocycles. The smallest absolute Gasteiger partial charge is 0.140 e. The van der Waals surface area contributed by atoms with Crippen molar-refractivity contribution in [3.05, 3.63) is 17.0 Å². The van der Waals surface area contributed by atoms with Crippen molar-refractivity contribution in [2.45, 2.75) is 50.9 Å². The minimum atomic E-state index is -0.235. The normalized spacial score (nSPS) is 27.3. The zero-order chi connectivity index (χ0) is 14.7. The maximum absolute atomic E-state index is 9.31. The Morgan fingerprint density at radius 1 is 1.05 bits per heavy atom. The first kappa shape index (κ1) is 15.0. The van der Waals surface area contributed by atoms with Crippen molar-refractivity contribution >= 4 is 0 Å². The van der Waals surface area contributed by atoms with E-state index in [9.17, 15) is 10.2 Å². The molecule has 2 N–H and O–H groups in total. The first-order chi connectivity index (χ1) is 10.3. The Morgan fingerprint density at radius 2 is 1.76 bits per heavy atom. The lowest BCUT2D eigenvalue weighted by atomic mass is 10.1. The number of ether oxygens (including phenoxy) is 1. The summed E-state index contributed by atoms with van der Waals surface area (Å²) in [6.07, 6.45) is 5.19. The van der Waals surface area contributed by atoms with Gasteiger partial charge >= 0.3 is 0 Å². The molecule has 2 heterocycles. The van der Waals surface area contributed by atoms with Crippen molar-refractivity contribution in [1.29, 1.82) is 0 Å². The number of hydrogen-bond donors (Lipinski definition) is 2. The highest BCUT2D eigenvalue weighted by atomic mass is 16.5. The zero-order valence-corrected chi connectivity index (χ0v) is 12.3. The molecule has 6 nitrogen and oxygen atoms in total. The summed E-state index contributed by atoms with van der Waals surface area (Å²) >= 11 is 0. The molecule has 0 spiro atoms. The highest BCUT2D eigenvalue weighted by Gasteiger charge is 2.29. The second kappa shape index (κ2) is 6.87. The highest BCUT2D eigenvalue weighted by Crippen LogP contribution is 2.25. The van der Waals surface area contributed by atoms with Gasteiger partial charge in [-0.3, -0.25) is 4.90 Å². The summed E-state index contributed by atoms with van der Waals surface area (Å²) in [6.45, 7) is 1.98. The standard InChI is InChI=1S/C15H24N2O4/c18-9-11-6-17(7-12(10-19)20-11)8-14-13-4-2-1-3-5-15(13)21-16-14/h11-12,18-19H,1-10H2/t11-,12+. The van der Waals surface area contributed by atoms with Gasteiger partial charge in [-0.05, 0) is 19.3 Å². The molecular formula is C15H24N2O4. The van der Waals surface area contributed by atoms with E-state index in [1.807, 2.05) is 0 Å². The maximum atomic E-state index is 9.31. The zero-order valence-electron chi connectivity index (χ0n) is 12.3. The molecule has 0 aromatic carbocycles. The van der Waals surface area contributed by atoms with Crippen molar-refractivity contribution in [3.8, 4) is 0 Å². The Balaban J connectivity index is 1.69. The fourth-order valence-corrected chi connectivity index (χ4v) is 3.30. The van der Waals surface area contributed by atoms with Gasteiger partial charge in [0.25, 0.3) is 0 Å². The minimum absolute atomic E-state index is 0.0239. The van der Waals surface area contributed by atoms with E-state index in [2.05, 4.69) is 10.1 Å². The van der Waals surface area contributed by atoms with Gasteiger partial charge < -0.3 is 19.5 Å². The third-order valence-corrected chi connectivity index (χ3v) is 4.37. The number of morpholine rings is 1. The second-order valence-corrected chi connectivity index (χ2v) is 6.03. The molecule has 0 saturated carbocycles. The van der Waals surface area contributed by atoms with E-state index in [0.29, 0.717) is 19.6 Å². The lowest BCUT2D eigenvalue weighted by Crippen LogP contribution is -2.49. The lowest BCUT2D eigenvalue weighted by Gasteiger charge is -2.36. The van der Waals surface area contributed by atoms with E-state index in [1.165, 1.54) is 24.8 Å². The molecule has 2 atom stereocenters. The van der Waals surface area contributed by atoms with E-state index < -0.39 is 0 Å². The molecule has 0 amide bonds. The van der Waals surface area contributed by atoms with Gasteiger partial charge in [-0.25, -0.2) is 0 Å². The summed E-state index contributed by atoms with van der Waals surface area (Å²) in [5, 5.41) is 22.9. The molecule has 118 valence electrons. The minimum Gasteiger partial charge on any atom is -0.394 e. The number of rotatable bonds is 4. The van der Waals surface area contributed by atoms with Crippen LogP contribution in [0.2, 0.25) is 0 Å². The lowest BCUT2D eigenvalue weighted by molar-refractivity contribution is -0.120. The first-order valence-electron chi connectivity index (χ1n) is 7.86. The quantitative estimate of drug-likeness (QED) is 0.788. The van der Waals surface area contributed by atoms with Crippen LogP contribution in [0, 0.1) is 0 Å². The maximum Gasteiger partial charge on any atom is 0.140 e. The number of aliphatic hydroxyl groups excluding tert-OH is 2. The van der Waals surface area contributed by atoms with Crippen LogP contribution in [0.4, 0.5) is 0 Å². The van der Waals surface area contributed by atoms with Gasteiger partial charge in [0.2, 0.25) is 0 Å². The van der Waals surface area contributed by atoms with Crippen LogP contribution in [0.25, 0.3) is 0 Å². The average Bonchev–Trinajstić information content (AvgIpc) is 2.74. The van der Waals surface area contributed by atoms with Crippen molar-refractivity contribution in [2.24, 2.45) is 0 Å². The predicted octanol–water partition coefficient (Wildman–Crippen LogP) is 0.497. The van der Waals surface area contributed by atoms with Crippen LogP contribution in [-0.2, 0) is 24.1 Å². The van der Waals surface area contributed by atoms with E-state index in [1.54, 1.807) is 0 Å². The van der Waals surface area contributed by atoms with Gasteiger partial charge in [0.1, 0.15) is 11.5 Å². The molecule has 3 rings (SSSR count). The fraction of sp³-hybridized carbons (Fsp3) is 0.800. The van der Waals surface area contributed by atoms with Crippen LogP contribution < -0.4 is 0 Å². The summed E-state index contributed by atoms with van der Waals surface area (Å²) in [5.41, 5.74) is 2.29. The average molecular weight is 296 g/mol. The number of aromatic nitrogens is 1. The van der Waals surface area contributed by atoms with Crippen LogP contribution in [-0.4, -0.2) is 58.8 Å². The summed E-state index contributed by atoms with van der Waals surface area (Å²) in [6, 6.07) is 0. The van der Waals surface area contributed by atoms with Gasteiger partial charge in [0, 0.05) is 31.6 Å². The van der Waals surface area contributed by atoms with Crippen molar-refractivity contribution in [1.82, 2.24) is 10.1 Å². The Hall–Kier alpha value is -0.950. The monoisotopic (exact) mass is 296 g/mol. The molecular weight excluding hydrogens is 272 g/mol. The van der Waals surface area contributed by atoms with E-state index in [0.717, 1.165) is 24.3 Å². The fourth-order valence-electron chi connectivity index (χ4n) is 3.30. The Labute approximate surface area is 124 Å². The van der Waals surface area contributed by atoms with Gasteiger partial charge in [-0.2, -0.15) is 0 Å². The number of fused-ring (bicyclic) bond motifs is 1. The van der Waals surface area contributed by atoms with Crippen LogP contribution in [0.3, 0.4) is 0 Å². The number of aliphatic hydroxyl groups is 2. The number of hydrogen-bond acceptors (Lipinski definition) is 6. The van der Waals surface area contributed by atoms with E-state index in [-0.39, 0.29) is 25.4 Å². The molecule has 0 radical (unpaired) electrons. The second-order valence-electron chi connectivity index (χ2n) is 6.03. The highest BCUT2D eigenvalue weighted by molar-refractivity contribution is 5.24. The van der Waals surface area contributed by atoms with Crippen LogP contribution >= 0.6 is 0 Å². The van der Waals surface area contributed by atoms with Gasteiger partial charge in [0.15, 0.2) is 0 Å². The molecule has 2 aliphatic rings. The third-order valence-electron chi connectivity index (χ3n) is 4.37. The van der Waals surface area contributed by atoms with Crippen LogP contribution in [0.5, 0.6) is 0 Å². The SMILES string of the molecule is OC[C@@H]1CN(Cc2noc3c2CCCCC3)C[C@H](CO)O1. The first-order valence-corrected chi connectivity index (χ1v) is 7.86. The summed E-state index contributed by atoms with van der Waals surface area (Å²) < 4.78 is 11.1. The Bertz CT molecular complexity index is 451. The topological polar surface area (TPSA) is 79.0 Å². The summed E-state index contributed by atoms with van der Waals surface area (Å²) in [4.78, 5) is 2.19. The third kappa shape index (κ3) is 3.45. The number of aryl methyl sites for hydroxylation is 1. The molecule has 1 aromatic heterocycles. The number of nitrogens with zero attached hydrogens (tertiary/aromatic N) is 2.